The molecule has 0 bridgehead atoms. The second-order valence-corrected chi connectivity index (χ2v) is 9.30. The van der Waals surface area contributed by atoms with E-state index in [-0.39, 0.29) is 0 Å². The lowest BCUT2D eigenvalue weighted by atomic mass is 10.1. The van der Waals surface area contributed by atoms with Crippen LogP contribution in [0, 0.1) is 6.92 Å². The Bertz CT molecular complexity index is 2180. The molecule has 0 aliphatic carbocycles. The van der Waals surface area contributed by atoms with E-state index in [1.807, 2.05) is 72.1 Å². The van der Waals surface area contributed by atoms with Gasteiger partial charge >= 0.3 is 0 Å². The lowest BCUT2D eigenvalue weighted by Crippen LogP contribution is -1.97. The molecule has 0 atom stereocenters. The maximum absolute atomic E-state index is 6.40. The average molecular weight is 493 g/mol. The first-order valence-electron chi connectivity index (χ1n) is 12.4. The number of fused-ring (bicyclic) bond motifs is 9. The Morgan fingerprint density at radius 1 is 0.658 bits per heavy atom. The van der Waals surface area contributed by atoms with E-state index in [0.29, 0.717) is 11.5 Å². The topological polar surface area (TPSA) is 70.1 Å². The molecule has 8 aromatic rings. The monoisotopic (exact) mass is 492 g/mol. The molecule has 7 heteroatoms. The van der Waals surface area contributed by atoms with Crippen LogP contribution in [0.15, 0.2) is 103 Å². The standard InChI is InChI=1S/C31H20N6O/c1-19-34-31-25-16-20(13-14-22(25)23-8-2-5-11-27(23)37(31)35-19)38-21-17-28-30(33-18-21)24-9-3-4-10-26(24)36(28)29-12-6-7-15-32-29/h2-18H,1H3. The van der Waals surface area contributed by atoms with Gasteiger partial charge in [0.05, 0.1) is 28.3 Å². The highest BCUT2D eigenvalue weighted by Gasteiger charge is 2.16. The molecule has 0 unspecified atom stereocenters. The predicted molar refractivity (Wildman–Crippen MR) is 149 cm³/mol. The summed E-state index contributed by atoms with van der Waals surface area (Å²) in [7, 11) is 0. The Balaban J connectivity index is 1.31. The van der Waals surface area contributed by atoms with Crippen LogP contribution in [0.1, 0.15) is 5.82 Å². The number of rotatable bonds is 3. The van der Waals surface area contributed by atoms with Crippen molar-refractivity contribution in [2.45, 2.75) is 6.92 Å². The summed E-state index contributed by atoms with van der Waals surface area (Å²) >= 11 is 0. The maximum Gasteiger partial charge on any atom is 0.164 e. The fourth-order valence-corrected chi connectivity index (χ4v) is 5.39. The van der Waals surface area contributed by atoms with Gasteiger partial charge in [-0.1, -0.05) is 42.5 Å². The number of aromatic nitrogens is 6. The van der Waals surface area contributed by atoms with Crippen molar-refractivity contribution in [3.05, 3.63) is 109 Å². The first kappa shape index (κ1) is 20.8. The van der Waals surface area contributed by atoms with Crippen molar-refractivity contribution >= 4 is 49.3 Å². The van der Waals surface area contributed by atoms with Crippen LogP contribution in [-0.2, 0) is 0 Å². The summed E-state index contributed by atoms with van der Waals surface area (Å²) in [4.78, 5) is 14.1. The number of hydrogen-bond acceptors (Lipinski definition) is 5. The summed E-state index contributed by atoms with van der Waals surface area (Å²) in [5.41, 5.74) is 4.73. The Labute approximate surface area is 216 Å². The van der Waals surface area contributed by atoms with Crippen molar-refractivity contribution in [3.63, 3.8) is 0 Å². The molecule has 0 saturated heterocycles. The van der Waals surface area contributed by atoms with Gasteiger partial charge < -0.3 is 4.74 Å². The van der Waals surface area contributed by atoms with Crippen LogP contribution in [0.4, 0.5) is 0 Å². The number of nitrogens with zero attached hydrogens (tertiary/aromatic N) is 6. The lowest BCUT2D eigenvalue weighted by molar-refractivity contribution is 0.482. The summed E-state index contributed by atoms with van der Waals surface area (Å²) in [6, 6.07) is 30.5. The van der Waals surface area contributed by atoms with E-state index >= 15 is 0 Å². The maximum atomic E-state index is 6.40. The van der Waals surface area contributed by atoms with Gasteiger partial charge in [-0.3, -0.25) is 9.55 Å². The second-order valence-electron chi connectivity index (χ2n) is 9.30. The minimum atomic E-state index is 0.645. The summed E-state index contributed by atoms with van der Waals surface area (Å²) in [6.45, 7) is 1.91. The van der Waals surface area contributed by atoms with Gasteiger partial charge in [0.1, 0.15) is 23.1 Å². The number of benzene rings is 3. The molecule has 180 valence electrons. The van der Waals surface area contributed by atoms with Gasteiger partial charge in [0.2, 0.25) is 0 Å². The summed E-state index contributed by atoms with van der Waals surface area (Å²) < 4.78 is 10.4. The van der Waals surface area contributed by atoms with E-state index in [1.54, 1.807) is 12.4 Å². The molecule has 38 heavy (non-hydrogen) atoms. The van der Waals surface area contributed by atoms with E-state index in [1.165, 1.54) is 0 Å². The van der Waals surface area contributed by atoms with Gasteiger partial charge in [0.15, 0.2) is 5.65 Å². The molecule has 0 saturated carbocycles. The molecule has 0 radical (unpaired) electrons. The van der Waals surface area contributed by atoms with E-state index in [0.717, 1.165) is 60.9 Å². The lowest BCUT2D eigenvalue weighted by Gasteiger charge is -2.11. The molecule has 0 aliphatic rings. The molecular weight excluding hydrogens is 472 g/mol. The molecule has 7 nitrogen and oxygen atoms in total. The van der Waals surface area contributed by atoms with Crippen molar-refractivity contribution < 1.29 is 4.74 Å². The van der Waals surface area contributed by atoms with Crippen molar-refractivity contribution in [1.82, 2.24) is 29.1 Å². The minimum absolute atomic E-state index is 0.645. The smallest absolute Gasteiger partial charge is 0.164 e. The van der Waals surface area contributed by atoms with Gasteiger partial charge in [-0.15, -0.1) is 0 Å². The van der Waals surface area contributed by atoms with E-state index < -0.39 is 0 Å². The molecule has 0 amide bonds. The van der Waals surface area contributed by atoms with Crippen molar-refractivity contribution in [2.24, 2.45) is 0 Å². The van der Waals surface area contributed by atoms with Crippen LogP contribution >= 0.6 is 0 Å². The third-order valence-corrected chi connectivity index (χ3v) is 6.96. The number of hydrogen-bond donors (Lipinski definition) is 0. The second kappa shape index (κ2) is 7.85. The first-order chi connectivity index (χ1) is 18.7. The van der Waals surface area contributed by atoms with Crippen LogP contribution in [0.3, 0.4) is 0 Å². The average Bonchev–Trinajstić information content (AvgIpc) is 3.51. The highest BCUT2D eigenvalue weighted by Crippen LogP contribution is 2.35. The predicted octanol–water partition coefficient (Wildman–Crippen LogP) is 7.02. The van der Waals surface area contributed by atoms with Crippen molar-refractivity contribution in [1.29, 1.82) is 0 Å². The Morgan fingerprint density at radius 2 is 1.47 bits per heavy atom. The largest absolute Gasteiger partial charge is 0.456 e. The molecule has 0 aliphatic heterocycles. The van der Waals surface area contributed by atoms with Crippen LogP contribution < -0.4 is 4.74 Å². The zero-order chi connectivity index (χ0) is 25.2. The zero-order valence-corrected chi connectivity index (χ0v) is 20.4. The molecule has 5 aromatic heterocycles. The quantitative estimate of drug-likeness (QED) is 0.248. The van der Waals surface area contributed by atoms with Gasteiger partial charge in [-0.2, -0.15) is 5.10 Å². The number of ether oxygens (including phenoxy) is 1. The van der Waals surface area contributed by atoms with Crippen LogP contribution in [-0.4, -0.2) is 29.1 Å². The number of aryl methyl sites for hydroxylation is 1. The van der Waals surface area contributed by atoms with E-state index in [4.69, 9.17) is 14.7 Å². The van der Waals surface area contributed by atoms with Gasteiger partial charge in [-0.25, -0.2) is 14.5 Å². The molecule has 0 fully saturated rings. The molecular formula is C31H20N6O. The fraction of sp³-hybridized carbons (Fsp3) is 0.0323. The van der Waals surface area contributed by atoms with Crippen molar-refractivity contribution in [2.75, 3.05) is 0 Å². The highest BCUT2D eigenvalue weighted by atomic mass is 16.5. The third-order valence-electron chi connectivity index (χ3n) is 6.96. The third kappa shape index (κ3) is 3.02. The molecule has 8 rings (SSSR count). The zero-order valence-electron chi connectivity index (χ0n) is 20.4. The Kier molecular flexibility index (Phi) is 4.31. The summed E-state index contributed by atoms with van der Waals surface area (Å²) in [6.07, 6.45) is 3.58. The Morgan fingerprint density at radius 3 is 2.34 bits per heavy atom. The van der Waals surface area contributed by atoms with Crippen LogP contribution in [0.2, 0.25) is 0 Å². The SMILES string of the molecule is Cc1nc2c3cc(Oc4cnc5c6ccccc6n(-c6ccccn6)c5c4)ccc3c3ccccc3n2n1. The minimum Gasteiger partial charge on any atom is -0.456 e. The number of para-hydroxylation sites is 2. The van der Waals surface area contributed by atoms with E-state index in [2.05, 4.69) is 45.0 Å². The summed E-state index contributed by atoms with van der Waals surface area (Å²) in [5.74, 6) is 2.91. The summed E-state index contributed by atoms with van der Waals surface area (Å²) in [5, 5.41) is 8.93. The molecule has 0 N–H and O–H groups in total. The first-order valence-corrected chi connectivity index (χ1v) is 12.4. The van der Waals surface area contributed by atoms with Crippen LogP contribution in [0.25, 0.3) is 55.1 Å². The molecule has 0 spiro atoms. The highest BCUT2D eigenvalue weighted by molar-refractivity contribution is 6.12. The van der Waals surface area contributed by atoms with Crippen LogP contribution in [0.5, 0.6) is 11.5 Å². The van der Waals surface area contributed by atoms with Crippen molar-refractivity contribution in [3.8, 4) is 17.3 Å². The van der Waals surface area contributed by atoms with E-state index in [9.17, 15) is 0 Å². The number of pyridine rings is 3. The van der Waals surface area contributed by atoms with Gasteiger partial charge in [0.25, 0.3) is 0 Å². The molecule has 3 aromatic carbocycles. The normalized spacial score (nSPS) is 11.8. The fourth-order valence-electron chi connectivity index (χ4n) is 5.39. The van der Waals surface area contributed by atoms with Gasteiger partial charge in [0, 0.05) is 28.4 Å². The Hall–Kier alpha value is -5.30. The molecule has 5 heterocycles. The van der Waals surface area contributed by atoms with Gasteiger partial charge in [-0.05, 0) is 54.8 Å².